The van der Waals surface area contributed by atoms with Gasteiger partial charge in [-0.05, 0) is 33.1 Å². The third-order valence-corrected chi connectivity index (χ3v) is 2.10. The van der Waals surface area contributed by atoms with Gasteiger partial charge in [-0.1, -0.05) is 13.8 Å². The van der Waals surface area contributed by atoms with Crippen LogP contribution in [-0.4, -0.2) is 29.2 Å². The molecule has 0 aliphatic carbocycles. The maximum atomic E-state index is 11.5. The van der Waals surface area contributed by atoms with E-state index in [9.17, 15) is 9.59 Å². The SMILES string of the molecule is CC(C)CC(CNC(=O)NC(C)(C)C)C(=O)O. The molecule has 0 fully saturated rings. The first-order valence-electron chi connectivity index (χ1n) is 5.90. The van der Waals surface area contributed by atoms with E-state index >= 15 is 0 Å². The molecular formula is C12H24N2O3. The standard InChI is InChI=1S/C12H24N2O3/c1-8(2)6-9(10(15)16)7-13-11(17)14-12(3,4)5/h8-9H,6-7H2,1-5H3,(H,15,16)(H2,13,14,17). The van der Waals surface area contributed by atoms with Crippen LogP contribution in [0.25, 0.3) is 0 Å². The highest BCUT2D eigenvalue weighted by Gasteiger charge is 2.20. The van der Waals surface area contributed by atoms with Crippen molar-refractivity contribution >= 4 is 12.0 Å². The molecule has 0 saturated heterocycles. The van der Waals surface area contributed by atoms with E-state index in [0.29, 0.717) is 12.3 Å². The van der Waals surface area contributed by atoms with Gasteiger partial charge in [-0.15, -0.1) is 0 Å². The number of aliphatic carboxylic acids is 1. The highest BCUT2D eigenvalue weighted by Crippen LogP contribution is 2.11. The highest BCUT2D eigenvalue weighted by molar-refractivity contribution is 5.76. The first-order chi connectivity index (χ1) is 7.61. The van der Waals surface area contributed by atoms with Crippen molar-refractivity contribution in [2.45, 2.75) is 46.6 Å². The van der Waals surface area contributed by atoms with E-state index < -0.39 is 11.9 Å². The smallest absolute Gasteiger partial charge is 0.315 e. The minimum Gasteiger partial charge on any atom is -0.481 e. The lowest BCUT2D eigenvalue weighted by Gasteiger charge is -2.22. The summed E-state index contributed by atoms with van der Waals surface area (Å²) in [4.78, 5) is 22.4. The fourth-order valence-electron chi connectivity index (χ4n) is 1.44. The number of amides is 2. The van der Waals surface area contributed by atoms with Crippen molar-refractivity contribution in [2.75, 3.05) is 6.54 Å². The second kappa shape index (κ2) is 6.47. The van der Waals surface area contributed by atoms with Gasteiger partial charge in [0.1, 0.15) is 0 Å². The highest BCUT2D eigenvalue weighted by atomic mass is 16.4. The first-order valence-corrected chi connectivity index (χ1v) is 5.90. The molecule has 0 rings (SSSR count). The van der Waals surface area contributed by atoms with Crippen LogP contribution in [0, 0.1) is 11.8 Å². The van der Waals surface area contributed by atoms with Crippen LogP contribution in [0.5, 0.6) is 0 Å². The molecule has 0 spiro atoms. The minimum absolute atomic E-state index is 0.162. The summed E-state index contributed by atoms with van der Waals surface area (Å²) in [5.41, 5.74) is -0.319. The molecule has 0 radical (unpaired) electrons. The van der Waals surface area contributed by atoms with E-state index in [2.05, 4.69) is 10.6 Å². The quantitative estimate of drug-likeness (QED) is 0.690. The summed E-state index contributed by atoms with van der Waals surface area (Å²) < 4.78 is 0. The monoisotopic (exact) mass is 244 g/mol. The van der Waals surface area contributed by atoms with E-state index in [1.165, 1.54) is 0 Å². The second-order valence-corrected chi connectivity index (χ2v) is 5.75. The number of carbonyl (C=O) groups excluding carboxylic acids is 1. The predicted molar refractivity (Wildman–Crippen MR) is 66.9 cm³/mol. The molecule has 5 nitrogen and oxygen atoms in total. The molecule has 0 aromatic heterocycles. The van der Waals surface area contributed by atoms with Crippen molar-refractivity contribution in [3.63, 3.8) is 0 Å². The van der Waals surface area contributed by atoms with Gasteiger partial charge < -0.3 is 15.7 Å². The molecule has 3 N–H and O–H groups in total. The maximum Gasteiger partial charge on any atom is 0.315 e. The summed E-state index contributed by atoms with van der Waals surface area (Å²) in [6.45, 7) is 9.70. The molecular weight excluding hydrogens is 220 g/mol. The van der Waals surface area contributed by atoms with E-state index in [1.807, 2.05) is 34.6 Å². The predicted octanol–water partition coefficient (Wildman–Crippen LogP) is 1.83. The van der Waals surface area contributed by atoms with Gasteiger partial charge in [0.2, 0.25) is 0 Å². The van der Waals surface area contributed by atoms with Crippen molar-refractivity contribution in [1.29, 1.82) is 0 Å². The van der Waals surface area contributed by atoms with Gasteiger partial charge in [-0.25, -0.2) is 4.79 Å². The number of rotatable bonds is 5. The van der Waals surface area contributed by atoms with Crippen LogP contribution in [0.4, 0.5) is 4.79 Å². The van der Waals surface area contributed by atoms with Crippen LogP contribution in [0.1, 0.15) is 41.0 Å². The number of carboxylic acids is 1. The third-order valence-electron chi connectivity index (χ3n) is 2.10. The average Bonchev–Trinajstić information content (AvgIpc) is 2.08. The lowest BCUT2D eigenvalue weighted by molar-refractivity contribution is -0.142. The molecule has 2 amide bonds. The van der Waals surface area contributed by atoms with Crippen LogP contribution in [0.3, 0.4) is 0 Å². The van der Waals surface area contributed by atoms with Crippen LogP contribution in [0.15, 0.2) is 0 Å². The second-order valence-electron chi connectivity index (χ2n) is 5.75. The number of hydrogen-bond donors (Lipinski definition) is 3. The lowest BCUT2D eigenvalue weighted by atomic mass is 9.97. The average molecular weight is 244 g/mol. The van der Waals surface area contributed by atoms with Crippen molar-refractivity contribution in [3.8, 4) is 0 Å². The summed E-state index contributed by atoms with van der Waals surface area (Å²) in [5.74, 6) is -1.10. The Morgan fingerprint density at radius 2 is 1.76 bits per heavy atom. The molecule has 0 aliphatic rings. The van der Waals surface area contributed by atoms with Crippen molar-refractivity contribution in [3.05, 3.63) is 0 Å². The van der Waals surface area contributed by atoms with Crippen LogP contribution >= 0.6 is 0 Å². The van der Waals surface area contributed by atoms with E-state index in [1.54, 1.807) is 0 Å². The Bertz CT molecular complexity index is 269. The fraction of sp³-hybridized carbons (Fsp3) is 0.833. The molecule has 0 aliphatic heterocycles. The summed E-state index contributed by atoms with van der Waals surface area (Å²) in [7, 11) is 0. The Morgan fingerprint density at radius 3 is 2.12 bits per heavy atom. The van der Waals surface area contributed by atoms with Crippen LogP contribution in [-0.2, 0) is 4.79 Å². The van der Waals surface area contributed by atoms with Crippen molar-refractivity contribution in [1.82, 2.24) is 10.6 Å². The van der Waals surface area contributed by atoms with E-state index in [-0.39, 0.29) is 18.1 Å². The first kappa shape index (κ1) is 15.7. The Balaban J connectivity index is 4.13. The Hall–Kier alpha value is -1.26. The van der Waals surface area contributed by atoms with Crippen LogP contribution in [0.2, 0.25) is 0 Å². The van der Waals surface area contributed by atoms with Gasteiger partial charge >= 0.3 is 12.0 Å². The molecule has 17 heavy (non-hydrogen) atoms. The summed E-state index contributed by atoms with van der Waals surface area (Å²) in [6, 6.07) is -0.326. The minimum atomic E-state index is -0.866. The number of carboxylic acid groups (broad SMARTS) is 1. The zero-order valence-corrected chi connectivity index (χ0v) is 11.3. The molecule has 0 bridgehead atoms. The molecule has 1 atom stereocenters. The van der Waals surface area contributed by atoms with Gasteiger partial charge in [0, 0.05) is 12.1 Å². The molecule has 0 saturated carbocycles. The van der Waals surface area contributed by atoms with Gasteiger partial charge in [-0.2, -0.15) is 0 Å². The van der Waals surface area contributed by atoms with E-state index in [0.717, 1.165) is 0 Å². The summed E-state index contributed by atoms with van der Waals surface area (Å²) >= 11 is 0. The zero-order chi connectivity index (χ0) is 13.6. The zero-order valence-electron chi connectivity index (χ0n) is 11.3. The van der Waals surface area contributed by atoms with Gasteiger partial charge in [0.25, 0.3) is 0 Å². The normalized spacial score (nSPS) is 13.3. The van der Waals surface area contributed by atoms with E-state index in [4.69, 9.17) is 5.11 Å². The van der Waals surface area contributed by atoms with Gasteiger partial charge in [0.15, 0.2) is 0 Å². The number of urea groups is 1. The molecule has 1 unspecified atom stereocenters. The molecule has 0 aromatic rings. The van der Waals surface area contributed by atoms with Crippen LogP contribution < -0.4 is 10.6 Å². The summed E-state index contributed by atoms with van der Waals surface area (Å²) in [5, 5.41) is 14.3. The largest absolute Gasteiger partial charge is 0.481 e. The Kier molecular flexibility index (Phi) is 5.99. The number of hydrogen-bond acceptors (Lipinski definition) is 2. The molecule has 0 heterocycles. The third kappa shape index (κ3) is 8.54. The number of carbonyl (C=O) groups is 2. The van der Waals surface area contributed by atoms with Gasteiger partial charge in [-0.3, -0.25) is 4.79 Å². The number of nitrogens with one attached hydrogen (secondary N) is 2. The summed E-state index contributed by atoms with van der Waals surface area (Å²) in [6.07, 6.45) is 0.561. The fourth-order valence-corrected chi connectivity index (χ4v) is 1.44. The van der Waals surface area contributed by atoms with Crippen molar-refractivity contribution < 1.29 is 14.7 Å². The molecule has 100 valence electrons. The Labute approximate surface area is 103 Å². The van der Waals surface area contributed by atoms with Gasteiger partial charge in [0.05, 0.1) is 5.92 Å². The topological polar surface area (TPSA) is 78.4 Å². The Morgan fingerprint density at radius 1 is 1.24 bits per heavy atom. The lowest BCUT2D eigenvalue weighted by Crippen LogP contribution is -2.48. The maximum absolute atomic E-state index is 11.5. The van der Waals surface area contributed by atoms with Crippen molar-refractivity contribution in [2.24, 2.45) is 11.8 Å². The molecule has 5 heteroatoms. The molecule has 0 aromatic carbocycles.